The van der Waals surface area contributed by atoms with Gasteiger partial charge in [0.1, 0.15) is 0 Å². The predicted molar refractivity (Wildman–Crippen MR) is 54.8 cm³/mol. The third kappa shape index (κ3) is 3.73. The van der Waals surface area contributed by atoms with Gasteiger partial charge in [-0.25, -0.2) is 4.79 Å². The minimum atomic E-state index is -0.544. The zero-order chi connectivity index (χ0) is 11.3. The van der Waals surface area contributed by atoms with Crippen LogP contribution in [0.25, 0.3) is 0 Å². The van der Waals surface area contributed by atoms with E-state index < -0.39 is 5.97 Å². The molecular weight excluding hydrogens is 180 g/mol. The SMILES string of the molecule is COC(=O)C(=CC(C)C)C(=O)C(C)C. The minimum absolute atomic E-state index is 0.159. The fraction of sp³-hybridized carbons (Fsp3) is 0.636. The van der Waals surface area contributed by atoms with E-state index in [4.69, 9.17) is 0 Å². The summed E-state index contributed by atoms with van der Waals surface area (Å²) in [6.07, 6.45) is 1.65. The second-order valence-electron chi connectivity index (χ2n) is 3.83. The number of rotatable bonds is 4. The Morgan fingerprint density at radius 1 is 1.14 bits per heavy atom. The summed E-state index contributed by atoms with van der Waals surface area (Å²) >= 11 is 0. The highest BCUT2D eigenvalue weighted by Gasteiger charge is 2.21. The molecule has 0 bridgehead atoms. The van der Waals surface area contributed by atoms with Crippen molar-refractivity contribution in [3.8, 4) is 0 Å². The first-order chi connectivity index (χ1) is 6.40. The van der Waals surface area contributed by atoms with Crippen LogP contribution in [0.5, 0.6) is 0 Å². The van der Waals surface area contributed by atoms with E-state index >= 15 is 0 Å². The molecule has 0 heterocycles. The molecule has 0 unspecified atom stereocenters. The predicted octanol–water partition coefficient (Wildman–Crippen LogP) is 1.97. The maximum absolute atomic E-state index is 11.6. The molecule has 0 spiro atoms. The number of ether oxygens (including phenoxy) is 1. The van der Waals surface area contributed by atoms with Crippen molar-refractivity contribution in [3.05, 3.63) is 11.6 Å². The fourth-order valence-corrected chi connectivity index (χ4v) is 1.01. The fourth-order valence-electron chi connectivity index (χ4n) is 1.01. The minimum Gasteiger partial charge on any atom is -0.465 e. The van der Waals surface area contributed by atoms with Crippen molar-refractivity contribution >= 4 is 11.8 Å². The number of ketones is 1. The molecule has 3 heteroatoms. The van der Waals surface area contributed by atoms with E-state index in [1.807, 2.05) is 13.8 Å². The van der Waals surface area contributed by atoms with Crippen LogP contribution in [-0.2, 0) is 14.3 Å². The van der Waals surface area contributed by atoms with Gasteiger partial charge in [-0.3, -0.25) is 4.79 Å². The molecule has 0 N–H and O–H groups in total. The van der Waals surface area contributed by atoms with Crippen LogP contribution in [0.4, 0.5) is 0 Å². The Bertz CT molecular complexity index is 249. The molecule has 0 saturated heterocycles. The summed E-state index contributed by atoms with van der Waals surface area (Å²) < 4.78 is 4.56. The smallest absolute Gasteiger partial charge is 0.341 e. The summed E-state index contributed by atoms with van der Waals surface area (Å²) in [7, 11) is 1.28. The van der Waals surface area contributed by atoms with Gasteiger partial charge in [0.05, 0.1) is 12.7 Å². The van der Waals surface area contributed by atoms with Gasteiger partial charge in [0.25, 0.3) is 0 Å². The van der Waals surface area contributed by atoms with Crippen LogP contribution in [0.15, 0.2) is 11.6 Å². The van der Waals surface area contributed by atoms with Gasteiger partial charge in [-0.2, -0.15) is 0 Å². The van der Waals surface area contributed by atoms with Gasteiger partial charge in [-0.1, -0.05) is 33.8 Å². The molecule has 0 radical (unpaired) electrons. The monoisotopic (exact) mass is 198 g/mol. The Labute approximate surface area is 85.1 Å². The number of hydrogen-bond acceptors (Lipinski definition) is 3. The number of methoxy groups -OCH3 is 1. The molecule has 0 amide bonds. The average molecular weight is 198 g/mol. The van der Waals surface area contributed by atoms with Crippen LogP contribution in [-0.4, -0.2) is 18.9 Å². The molecule has 0 atom stereocenters. The van der Waals surface area contributed by atoms with E-state index in [1.165, 1.54) is 7.11 Å². The Morgan fingerprint density at radius 3 is 1.93 bits per heavy atom. The molecule has 14 heavy (non-hydrogen) atoms. The molecular formula is C11H18O3. The Balaban J connectivity index is 4.92. The van der Waals surface area contributed by atoms with Gasteiger partial charge in [-0.15, -0.1) is 0 Å². The molecule has 0 aliphatic heterocycles. The summed E-state index contributed by atoms with van der Waals surface area (Å²) in [6.45, 7) is 7.35. The maximum atomic E-state index is 11.6. The summed E-state index contributed by atoms with van der Waals surface area (Å²) in [6, 6.07) is 0. The summed E-state index contributed by atoms with van der Waals surface area (Å²) in [5.41, 5.74) is 0.164. The van der Waals surface area contributed by atoms with Crippen molar-refractivity contribution in [1.29, 1.82) is 0 Å². The number of Topliss-reactive ketones (excluding diaryl/α,β-unsaturated/α-hetero) is 1. The lowest BCUT2D eigenvalue weighted by Gasteiger charge is -2.08. The normalized spacial score (nSPS) is 12.1. The maximum Gasteiger partial charge on any atom is 0.341 e. The van der Waals surface area contributed by atoms with Crippen molar-refractivity contribution in [2.75, 3.05) is 7.11 Å². The van der Waals surface area contributed by atoms with Crippen molar-refractivity contribution in [2.24, 2.45) is 11.8 Å². The van der Waals surface area contributed by atoms with Crippen LogP contribution in [0.1, 0.15) is 27.7 Å². The number of allylic oxidation sites excluding steroid dienone is 1. The van der Waals surface area contributed by atoms with E-state index in [0.29, 0.717) is 0 Å². The molecule has 0 fully saturated rings. The standard InChI is InChI=1S/C11H18O3/c1-7(2)6-9(11(13)14-5)10(12)8(3)4/h6-8H,1-5H3. The number of esters is 1. The van der Waals surface area contributed by atoms with Crippen LogP contribution < -0.4 is 0 Å². The van der Waals surface area contributed by atoms with Crippen molar-refractivity contribution in [1.82, 2.24) is 0 Å². The quantitative estimate of drug-likeness (QED) is 0.300. The van der Waals surface area contributed by atoms with Gasteiger partial charge in [0, 0.05) is 5.92 Å². The van der Waals surface area contributed by atoms with Gasteiger partial charge in [0.15, 0.2) is 5.78 Å². The van der Waals surface area contributed by atoms with E-state index in [0.717, 1.165) is 0 Å². The Hall–Kier alpha value is -1.12. The van der Waals surface area contributed by atoms with Gasteiger partial charge < -0.3 is 4.74 Å². The number of carbonyl (C=O) groups is 2. The second-order valence-corrected chi connectivity index (χ2v) is 3.83. The molecule has 0 aliphatic rings. The van der Waals surface area contributed by atoms with E-state index in [9.17, 15) is 9.59 Å². The zero-order valence-electron chi connectivity index (χ0n) is 9.46. The highest BCUT2D eigenvalue weighted by molar-refractivity contribution is 6.17. The van der Waals surface area contributed by atoms with Gasteiger partial charge >= 0.3 is 5.97 Å². The van der Waals surface area contributed by atoms with Crippen molar-refractivity contribution in [2.45, 2.75) is 27.7 Å². The average Bonchev–Trinajstić information content (AvgIpc) is 2.11. The highest BCUT2D eigenvalue weighted by atomic mass is 16.5. The molecule has 0 aromatic rings. The van der Waals surface area contributed by atoms with E-state index in [1.54, 1.807) is 19.9 Å². The lowest BCUT2D eigenvalue weighted by molar-refractivity contribution is -0.138. The first kappa shape index (κ1) is 12.9. The number of carbonyl (C=O) groups excluding carboxylic acids is 2. The Kier molecular flexibility index (Phi) is 5.13. The van der Waals surface area contributed by atoms with Crippen molar-refractivity contribution in [3.63, 3.8) is 0 Å². The molecule has 0 rings (SSSR count). The summed E-state index contributed by atoms with van der Waals surface area (Å²) in [5, 5.41) is 0. The number of hydrogen-bond donors (Lipinski definition) is 0. The molecule has 0 saturated carbocycles. The first-order valence-corrected chi connectivity index (χ1v) is 4.74. The van der Waals surface area contributed by atoms with Crippen LogP contribution in [0.2, 0.25) is 0 Å². The van der Waals surface area contributed by atoms with E-state index in [2.05, 4.69) is 4.74 Å². The topological polar surface area (TPSA) is 43.4 Å². The molecule has 3 nitrogen and oxygen atoms in total. The molecule has 0 aliphatic carbocycles. The van der Waals surface area contributed by atoms with Gasteiger partial charge in [0.2, 0.25) is 0 Å². The van der Waals surface area contributed by atoms with Crippen LogP contribution >= 0.6 is 0 Å². The Morgan fingerprint density at radius 2 is 1.64 bits per heavy atom. The lowest BCUT2D eigenvalue weighted by Crippen LogP contribution is -2.19. The van der Waals surface area contributed by atoms with Crippen molar-refractivity contribution < 1.29 is 14.3 Å². The second kappa shape index (κ2) is 5.58. The largest absolute Gasteiger partial charge is 0.465 e. The summed E-state index contributed by atoms with van der Waals surface area (Å²) in [5.74, 6) is -0.728. The molecule has 0 aromatic heterocycles. The highest BCUT2D eigenvalue weighted by Crippen LogP contribution is 2.11. The molecule has 0 aromatic carbocycles. The van der Waals surface area contributed by atoms with Gasteiger partial charge in [-0.05, 0) is 5.92 Å². The third-order valence-corrected chi connectivity index (χ3v) is 1.70. The van der Waals surface area contributed by atoms with E-state index in [-0.39, 0.29) is 23.2 Å². The molecule has 80 valence electrons. The van der Waals surface area contributed by atoms with Crippen LogP contribution in [0.3, 0.4) is 0 Å². The zero-order valence-corrected chi connectivity index (χ0v) is 9.46. The lowest BCUT2D eigenvalue weighted by atomic mass is 9.98. The third-order valence-electron chi connectivity index (χ3n) is 1.70. The first-order valence-electron chi connectivity index (χ1n) is 4.74. The van der Waals surface area contributed by atoms with Crippen LogP contribution in [0, 0.1) is 11.8 Å². The summed E-state index contributed by atoms with van der Waals surface area (Å²) in [4.78, 5) is 22.9.